The molecule has 192 valence electrons. The second-order valence-corrected chi connectivity index (χ2v) is 18.2. The first-order valence-electron chi connectivity index (χ1n) is 13.9. The third kappa shape index (κ3) is 16.4. The van der Waals surface area contributed by atoms with Gasteiger partial charge in [-0.1, -0.05) is 129 Å². The molecule has 0 spiro atoms. The molecule has 1 aromatic rings. The number of H-pyrrole nitrogens is 1. The Kier molecular flexibility index (Phi) is 19.2. The summed E-state index contributed by atoms with van der Waals surface area (Å²) in [6.45, 7) is 4.55. The molecule has 0 saturated carbocycles. The Labute approximate surface area is 220 Å². The zero-order valence-corrected chi connectivity index (χ0v) is 24.7. The van der Waals surface area contributed by atoms with Gasteiger partial charge in [0.2, 0.25) is 0 Å². The highest BCUT2D eigenvalue weighted by Crippen LogP contribution is 2.37. The molecule has 1 heterocycles. The van der Waals surface area contributed by atoms with E-state index in [9.17, 15) is 0 Å². The van der Waals surface area contributed by atoms with Gasteiger partial charge in [0, 0.05) is 17.1 Å². The minimum absolute atomic E-state index is 0.510. The van der Waals surface area contributed by atoms with Gasteiger partial charge in [-0.2, -0.15) is 0 Å². The molecule has 0 aliphatic rings. The second-order valence-electron chi connectivity index (χ2n) is 9.80. The van der Waals surface area contributed by atoms with Gasteiger partial charge in [0.25, 0.3) is 0 Å². The van der Waals surface area contributed by atoms with E-state index < -0.39 is 6.00 Å². The van der Waals surface area contributed by atoms with Crippen LogP contribution in [0.2, 0.25) is 0 Å². The first-order chi connectivity index (χ1) is 16.0. The van der Waals surface area contributed by atoms with Crippen molar-refractivity contribution in [2.24, 2.45) is 5.92 Å². The van der Waals surface area contributed by atoms with Crippen molar-refractivity contribution in [3.8, 4) is 0 Å². The normalized spacial score (nSPS) is 13.5. The Bertz CT molecular complexity index is 580. The number of hydrogen-bond donors (Lipinski definition) is 1. The molecule has 0 amide bonds. The van der Waals surface area contributed by atoms with Crippen LogP contribution in [0.3, 0.4) is 0 Å². The molecular weight excluding hydrogens is 485 g/mol. The first-order valence-corrected chi connectivity index (χ1v) is 18.9. The SMILES string of the molecule is CCCCCCCCCCCCCCCC(C=C(c1ccc[nH]1)[Si](Cl)(Cl)Cl)CCCCCC. The van der Waals surface area contributed by atoms with Gasteiger partial charge in [-0.05, 0) is 30.9 Å². The highest BCUT2D eigenvalue weighted by atomic mass is 35.8. The van der Waals surface area contributed by atoms with Crippen molar-refractivity contribution >= 4 is 44.4 Å². The summed E-state index contributed by atoms with van der Waals surface area (Å²) in [5.41, 5.74) is 0.977. The summed E-state index contributed by atoms with van der Waals surface area (Å²) in [6, 6.07) is 1.06. The zero-order chi connectivity index (χ0) is 24.2. The summed E-state index contributed by atoms with van der Waals surface area (Å²) in [6.07, 6.45) is 29.9. The molecule has 1 unspecified atom stereocenters. The molecule has 5 heteroatoms. The van der Waals surface area contributed by atoms with Crippen molar-refractivity contribution in [1.29, 1.82) is 0 Å². The van der Waals surface area contributed by atoms with Gasteiger partial charge >= 0.3 is 6.00 Å². The van der Waals surface area contributed by atoms with Crippen LogP contribution < -0.4 is 0 Å². The molecule has 0 aliphatic carbocycles. The van der Waals surface area contributed by atoms with Crippen molar-refractivity contribution in [1.82, 2.24) is 4.98 Å². The van der Waals surface area contributed by atoms with Crippen LogP contribution in [0.15, 0.2) is 24.4 Å². The maximum atomic E-state index is 6.49. The Morgan fingerprint density at radius 3 is 1.55 bits per heavy atom. The van der Waals surface area contributed by atoms with Crippen molar-refractivity contribution in [2.75, 3.05) is 0 Å². The van der Waals surface area contributed by atoms with Crippen LogP contribution >= 0.6 is 33.2 Å². The summed E-state index contributed by atoms with van der Waals surface area (Å²) in [5.74, 6) is 0.510. The van der Waals surface area contributed by atoms with E-state index in [1.807, 2.05) is 18.3 Å². The Hall–Kier alpha value is 0.107. The minimum atomic E-state index is -2.95. The van der Waals surface area contributed by atoms with Gasteiger partial charge in [-0.25, -0.2) is 0 Å². The maximum absolute atomic E-state index is 6.49. The van der Waals surface area contributed by atoms with Gasteiger partial charge < -0.3 is 4.98 Å². The lowest BCUT2D eigenvalue weighted by Gasteiger charge is -2.18. The van der Waals surface area contributed by atoms with Crippen LogP contribution in [0.1, 0.15) is 142 Å². The van der Waals surface area contributed by atoms with Gasteiger partial charge in [0.05, 0.1) is 0 Å². The third-order valence-corrected chi connectivity index (χ3v) is 9.58. The average Bonchev–Trinajstić information content (AvgIpc) is 3.31. The number of unbranched alkanes of at least 4 members (excludes halogenated alkanes) is 15. The number of nitrogens with one attached hydrogen (secondary N) is 1. The van der Waals surface area contributed by atoms with Crippen LogP contribution in [-0.2, 0) is 0 Å². The van der Waals surface area contributed by atoms with E-state index in [0.29, 0.717) is 5.92 Å². The van der Waals surface area contributed by atoms with E-state index in [2.05, 4.69) is 24.9 Å². The molecule has 0 fully saturated rings. The topological polar surface area (TPSA) is 15.8 Å². The molecule has 1 atom stereocenters. The van der Waals surface area contributed by atoms with Crippen molar-refractivity contribution in [3.63, 3.8) is 0 Å². The molecule has 0 bridgehead atoms. The fraction of sp³-hybridized carbons (Fsp3) is 0.786. The molecule has 0 saturated heterocycles. The zero-order valence-electron chi connectivity index (χ0n) is 21.5. The summed E-state index contributed by atoms with van der Waals surface area (Å²) >= 11 is 19.5. The molecule has 1 N–H and O–H groups in total. The highest BCUT2D eigenvalue weighted by Gasteiger charge is 2.33. The van der Waals surface area contributed by atoms with Crippen LogP contribution in [0.25, 0.3) is 5.20 Å². The Morgan fingerprint density at radius 2 is 1.15 bits per heavy atom. The van der Waals surface area contributed by atoms with Crippen LogP contribution in [0.5, 0.6) is 0 Å². The maximum Gasteiger partial charge on any atom is 0.374 e. The number of aromatic amines is 1. The number of allylic oxidation sites excluding steroid dienone is 1. The van der Waals surface area contributed by atoms with Crippen molar-refractivity contribution in [3.05, 3.63) is 30.1 Å². The molecule has 0 radical (unpaired) electrons. The summed E-state index contributed by atoms with van der Waals surface area (Å²) in [5, 5.41) is 0.938. The number of hydrogen-bond acceptors (Lipinski definition) is 0. The summed E-state index contributed by atoms with van der Waals surface area (Å²) in [7, 11) is 0. The third-order valence-electron chi connectivity index (χ3n) is 6.70. The van der Waals surface area contributed by atoms with Gasteiger partial charge in [0.1, 0.15) is 0 Å². The predicted molar refractivity (Wildman–Crippen MR) is 155 cm³/mol. The van der Waals surface area contributed by atoms with E-state index in [-0.39, 0.29) is 0 Å². The molecular formula is C28H50Cl3NSi. The minimum Gasteiger partial charge on any atom is -0.362 e. The van der Waals surface area contributed by atoms with Crippen molar-refractivity contribution in [2.45, 2.75) is 136 Å². The lowest BCUT2D eigenvalue weighted by Crippen LogP contribution is -2.15. The monoisotopic (exact) mass is 533 g/mol. The van der Waals surface area contributed by atoms with Gasteiger partial charge in [-0.3, -0.25) is 0 Å². The molecule has 1 nitrogen and oxygen atoms in total. The fourth-order valence-electron chi connectivity index (χ4n) is 4.64. The predicted octanol–water partition coefficient (Wildman–Crippen LogP) is 11.7. The summed E-state index contributed by atoms with van der Waals surface area (Å²) < 4.78 is 0. The standard InChI is InChI=1S/C28H50Cl3NSi/c1-3-5-7-9-10-11-12-13-14-15-16-17-19-22-26(21-18-8-6-4-2)25-28(33(29,30)31)27-23-20-24-32-27/h20,23-26,32H,3-19,21-22H2,1-2H3. The van der Waals surface area contributed by atoms with E-state index >= 15 is 0 Å². The van der Waals surface area contributed by atoms with Gasteiger partial charge in [0.15, 0.2) is 0 Å². The number of rotatable bonds is 22. The molecule has 33 heavy (non-hydrogen) atoms. The van der Waals surface area contributed by atoms with Gasteiger partial charge in [-0.15, -0.1) is 33.2 Å². The molecule has 0 aromatic carbocycles. The van der Waals surface area contributed by atoms with E-state index in [0.717, 1.165) is 10.9 Å². The fourth-order valence-corrected chi connectivity index (χ4v) is 7.01. The van der Waals surface area contributed by atoms with Crippen LogP contribution in [-0.4, -0.2) is 11.0 Å². The van der Waals surface area contributed by atoms with E-state index in [1.54, 1.807) is 0 Å². The number of aromatic nitrogens is 1. The highest BCUT2D eigenvalue weighted by molar-refractivity contribution is 7.71. The van der Waals surface area contributed by atoms with Crippen molar-refractivity contribution < 1.29 is 0 Å². The average molecular weight is 535 g/mol. The molecule has 1 aromatic heterocycles. The Morgan fingerprint density at radius 1 is 0.727 bits per heavy atom. The van der Waals surface area contributed by atoms with E-state index in [4.69, 9.17) is 33.2 Å². The lowest BCUT2D eigenvalue weighted by atomic mass is 9.93. The smallest absolute Gasteiger partial charge is 0.362 e. The second kappa shape index (κ2) is 20.3. The lowest BCUT2D eigenvalue weighted by molar-refractivity contribution is 0.467. The van der Waals surface area contributed by atoms with E-state index in [1.165, 1.54) is 122 Å². The Balaban J connectivity index is 2.34. The number of halogens is 3. The first kappa shape index (κ1) is 31.1. The van der Waals surface area contributed by atoms with Crippen LogP contribution in [0, 0.1) is 5.92 Å². The largest absolute Gasteiger partial charge is 0.374 e. The molecule has 0 aliphatic heterocycles. The molecule has 1 rings (SSSR count). The quantitative estimate of drug-likeness (QED) is 0.0864. The summed E-state index contributed by atoms with van der Waals surface area (Å²) in [4.78, 5) is 3.26. The van der Waals surface area contributed by atoms with Crippen LogP contribution in [0.4, 0.5) is 0 Å².